The van der Waals surface area contributed by atoms with Gasteiger partial charge in [-0.1, -0.05) is 36.4 Å². The molecule has 0 fully saturated rings. The molecule has 0 N–H and O–H groups in total. The van der Waals surface area contributed by atoms with E-state index in [0.717, 1.165) is 5.56 Å². The van der Waals surface area contributed by atoms with Crippen molar-refractivity contribution in [1.29, 1.82) is 0 Å². The molecule has 0 amide bonds. The summed E-state index contributed by atoms with van der Waals surface area (Å²) < 4.78 is 20.7. The number of nitro benzene ring substituents is 1. The van der Waals surface area contributed by atoms with Crippen molar-refractivity contribution in [2.75, 3.05) is 7.11 Å². The Balaban J connectivity index is 2.03. The van der Waals surface area contributed by atoms with Crippen LogP contribution < -0.4 is 4.74 Å². The van der Waals surface area contributed by atoms with Crippen LogP contribution in [0.4, 0.5) is 10.1 Å². The fraction of sp³-hybridized carbons (Fsp3) is 0.136. The molecule has 0 aromatic heterocycles. The van der Waals surface area contributed by atoms with Crippen LogP contribution in [0, 0.1) is 15.9 Å². The van der Waals surface area contributed by atoms with Crippen molar-refractivity contribution in [2.24, 2.45) is 0 Å². The fourth-order valence-electron chi connectivity index (χ4n) is 3.03. The van der Waals surface area contributed by atoms with E-state index in [1.54, 1.807) is 48.5 Å². The van der Waals surface area contributed by atoms with Crippen LogP contribution in [-0.2, 0) is 6.42 Å². The van der Waals surface area contributed by atoms with Crippen molar-refractivity contribution < 1.29 is 18.8 Å². The molecule has 0 aliphatic heterocycles. The number of ether oxygens (including phenoxy) is 1. The van der Waals surface area contributed by atoms with Crippen LogP contribution in [0.5, 0.6) is 5.75 Å². The summed E-state index contributed by atoms with van der Waals surface area (Å²) in [7, 11) is 1.46. The van der Waals surface area contributed by atoms with E-state index in [9.17, 15) is 14.9 Å². The molecule has 0 bridgehead atoms. The van der Waals surface area contributed by atoms with E-state index in [0.29, 0.717) is 22.4 Å². The number of rotatable bonds is 6. The van der Waals surface area contributed by atoms with E-state index in [1.807, 2.05) is 0 Å². The van der Waals surface area contributed by atoms with Crippen molar-refractivity contribution in [3.05, 3.63) is 93.3 Å². The van der Waals surface area contributed by atoms with Gasteiger partial charge < -0.3 is 4.74 Å². The summed E-state index contributed by atoms with van der Waals surface area (Å²) >= 11 is 0. The lowest BCUT2D eigenvalue weighted by Crippen LogP contribution is -2.00. The second kappa shape index (κ2) is 8.00. The maximum absolute atomic E-state index is 15.4. The Labute approximate surface area is 161 Å². The van der Waals surface area contributed by atoms with E-state index in [1.165, 1.54) is 26.2 Å². The monoisotopic (exact) mass is 379 g/mol. The van der Waals surface area contributed by atoms with Gasteiger partial charge >= 0.3 is 0 Å². The van der Waals surface area contributed by atoms with Gasteiger partial charge in [-0.3, -0.25) is 14.9 Å². The topological polar surface area (TPSA) is 69.4 Å². The average molecular weight is 379 g/mol. The van der Waals surface area contributed by atoms with Crippen molar-refractivity contribution in [2.45, 2.75) is 13.3 Å². The quantitative estimate of drug-likeness (QED) is 0.335. The summed E-state index contributed by atoms with van der Waals surface area (Å²) in [6, 6.07) is 16.1. The third kappa shape index (κ3) is 3.91. The summed E-state index contributed by atoms with van der Waals surface area (Å²) in [5.41, 5.74) is 2.48. The number of nitro groups is 1. The van der Waals surface area contributed by atoms with Crippen LogP contribution in [0.3, 0.4) is 0 Å². The van der Waals surface area contributed by atoms with Gasteiger partial charge in [-0.2, -0.15) is 0 Å². The summed E-state index contributed by atoms with van der Waals surface area (Å²) in [4.78, 5) is 22.0. The minimum absolute atomic E-state index is 0.0133. The summed E-state index contributed by atoms with van der Waals surface area (Å²) in [6.45, 7) is 1.46. The number of hydrogen-bond donors (Lipinski definition) is 0. The number of Topliss-reactive ketones (excluding diaryl/α,β-unsaturated/α-hetero) is 1. The molecule has 0 spiro atoms. The molecule has 3 rings (SSSR count). The SMILES string of the molecule is COc1ccc(Cc2ccc([N+](=O)[O-])cc2)c(F)c1-c1cccc(C(C)=O)c1. The Kier molecular flexibility index (Phi) is 5.49. The van der Waals surface area contributed by atoms with Gasteiger partial charge in [0.25, 0.3) is 5.69 Å². The Morgan fingerprint density at radius 1 is 1.11 bits per heavy atom. The van der Waals surface area contributed by atoms with Crippen LogP contribution in [0.2, 0.25) is 0 Å². The second-order valence-electron chi connectivity index (χ2n) is 6.35. The first-order valence-electron chi connectivity index (χ1n) is 8.60. The molecule has 142 valence electrons. The number of halogens is 1. The highest BCUT2D eigenvalue weighted by Gasteiger charge is 2.17. The number of ketones is 1. The fourth-order valence-corrected chi connectivity index (χ4v) is 3.03. The van der Waals surface area contributed by atoms with Crippen LogP contribution in [0.1, 0.15) is 28.4 Å². The van der Waals surface area contributed by atoms with Gasteiger partial charge in [-0.15, -0.1) is 0 Å². The Hall–Kier alpha value is -3.54. The van der Waals surface area contributed by atoms with Crippen molar-refractivity contribution in [3.8, 4) is 16.9 Å². The smallest absolute Gasteiger partial charge is 0.269 e. The molecule has 0 aliphatic rings. The van der Waals surface area contributed by atoms with Gasteiger partial charge in [0, 0.05) is 24.1 Å². The first kappa shape index (κ1) is 19.2. The lowest BCUT2D eigenvalue weighted by atomic mass is 9.95. The number of non-ortho nitro benzene ring substituents is 1. The van der Waals surface area contributed by atoms with Crippen LogP contribution in [-0.4, -0.2) is 17.8 Å². The second-order valence-corrected chi connectivity index (χ2v) is 6.35. The molecular weight excluding hydrogens is 361 g/mol. The van der Waals surface area contributed by atoms with E-state index in [4.69, 9.17) is 4.74 Å². The molecule has 3 aromatic rings. The van der Waals surface area contributed by atoms with E-state index < -0.39 is 10.7 Å². The van der Waals surface area contributed by atoms with E-state index in [2.05, 4.69) is 0 Å². The molecule has 3 aromatic carbocycles. The largest absolute Gasteiger partial charge is 0.496 e. The van der Waals surface area contributed by atoms with Gasteiger partial charge in [0.2, 0.25) is 0 Å². The Morgan fingerprint density at radius 3 is 2.43 bits per heavy atom. The molecule has 5 nitrogen and oxygen atoms in total. The zero-order chi connectivity index (χ0) is 20.3. The lowest BCUT2D eigenvalue weighted by molar-refractivity contribution is -0.384. The summed E-state index contributed by atoms with van der Waals surface area (Å²) in [5.74, 6) is -0.188. The number of methoxy groups -OCH3 is 1. The van der Waals surface area contributed by atoms with Gasteiger partial charge in [0.1, 0.15) is 11.6 Å². The van der Waals surface area contributed by atoms with Crippen molar-refractivity contribution in [1.82, 2.24) is 0 Å². The summed E-state index contributed by atoms with van der Waals surface area (Å²) in [6.07, 6.45) is 0.271. The molecule has 0 heterocycles. The van der Waals surface area contributed by atoms with E-state index in [-0.39, 0.29) is 23.5 Å². The highest BCUT2D eigenvalue weighted by molar-refractivity contribution is 5.95. The lowest BCUT2D eigenvalue weighted by Gasteiger charge is -2.14. The molecule has 0 saturated carbocycles. The normalized spacial score (nSPS) is 10.5. The zero-order valence-electron chi connectivity index (χ0n) is 15.4. The minimum Gasteiger partial charge on any atom is -0.496 e. The first-order valence-corrected chi connectivity index (χ1v) is 8.60. The molecule has 0 saturated heterocycles. The number of benzene rings is 3. The maximum atomic E-state index is 15.4. The molecule has 6 heteroatoms. The Bertz CT molecular complexity index is 1040. The molecule has 0 radical (unpaired) electrons. The molecule has 0 atom stereocenters. The predicted molar refractivity (Wildman–Crippen MR) is 104 cm³/mol. The number of carbonyl (C=O) groups excluding carboxylic acids is 1. The van der Waals surface area contributed by atoms with Crippen LogP contribution in [0.25, 0.3) is 11.1 Å². The summed E-state index contributed by atoms with van der Waals surface area (Å²) in [5, 5.41) is 10.8. The van der Waals surface area contributed by atoms with Gasteiger partial charge in [0.05, 0.1) is 17.6 Å². The average Bonchev–Trinajstić information content (AvgIpc) is 2.69. The van der Waals surface area contributed by atoms with Gasteiger partial charge in [-0.25, -0.2) is 4.39 Å². The minimum atomic E-state index is -0.474. The highest BCUT2D eigenvalue weighted by Crippen LogP contribution is 2.35. The molecule has 0 aliphatic carbocycles. The third-order valence-electron chi connectivity index (χ3n) is 4.50. The predicted octanol–water partition coefficient (Wildman–Crippen LogP) is 5.20. The van der Waals surface area contributed by atoms with Crippen molar-refractivity contribution >= 4 is 11.5 Å². The maximum Gasteiger partial charge on any atom is 0.269 e. The van der Waals surface area contributed by atoms with Gasteiger partial charge in [0.15, 0.2) is 5.78 Å². The number of hydrogen-bond acceptors (Lipinski definition) is 4. The third-order valence-corrected chi connectivity index (χ3v) is 4.50. The zero-order valence-corrected chi connectivity index (χ0v) is 15.4. The molecular formula is C22H18FNO4. The molecule has 0 unspecified atom stereocenters. The first-order chi connectivity index (χ1) is 13.4. The number of carbonyl (C=O) groups is 1. The van der Waals surface area contributed by atoms with E-state index >= 15 is 4.39 Å². The van der Waals surface area contributed by atoms with Crippen LogP contribution >= 0.6 is 0 Å². The Morgan fingerprint density at radius 2 is 1.82 bits per heavy atom. The number of nitrogens with zero attached hydrogens (tertiary/aromatic N) is 1. The highest BCUT2D eigenvalue weighted by atomic mass is 19.1. The van der Waals surface area contributed by atoms with Crippen molar-refractivity contribution in [3.63, 3.8) is 0 Å². The van der Waals surface area contributed by atoms with Crippen LogP contribution in [0.15, 0.2) is 60.7 Å². The standard InChI is InChI=1S/C22H18FNO4/c1-14(25)16-4-3-5-17(13-16)21-20(28-2)11-8-18(22(21)23)12-15-6-9-19(10-7-15)24(26)27/h3-11,13H,12H2,1-2H3. The molecule has 28 heavy (non-hydrogen) atoms. The van der Waals surface area contributed by atoms with Gasteiger partial charge in [-0.05, 0) is 35.7 Å².